The van der Waals surface area contributed by atoms with Crippen LogP contribution in [0.3, 0.4) is 0 Å². The normalized spacial score (nSPS) is 14.3. The fourth-order valence-electron chi connectivity index (χ4n) is 4.53. The van der Waals surface area contributed by atoms with Gasteiger partial charge in [-0.1, -0.05) is 30.3 Å². The Balaban J connectivity index is 1.38. The van der Waals surface area contributed by atoms with Gasteiger partial charge in [-0.25, -0.2) is 4.79 Å². The van der Waals surface area contributed by atoms with Gasteiger partial charge in [0.15, 0.2) is 0 Å². The van der Waals surface area contributed by atoms with Crippen LogP contribution in [0.5, 0.6) is 0 Å². The van der Waals surface area contributed by atoms with Crippen LogP contribution in [-0.4, -0.2) is 58.9 Å². The molecular formula is C30H33N5O3S. The van der Waals surface area contributed by atoms with Gasteiger partial charge in [0, 0.05) is 37.3 Å². The summed E-state index contributed by atoms with van der Waals surface area (Å²) in [5, 5.41) is 13.6. The van der Waals surface area contributed by atoms with Gasteiger partial charge < -0.3 is 19.9 Å². The van der Waals surface area contributed by atoms with E-state index in [4.69, 9.17) is 4.74 Å². The number of aryl methyl sites for hydroxylation is 1. The molecule has 0 spiro atoms. The van der Waals surface area contributed by atoms with Gasteiger partial charge in [-0.2, -0.15) is 5.10 Å². The first kappa shape index (κ1) is 26.5. The Kier molecular flexibility index (Phi) is 7.43. The maximum Gasteiger partial charge on any atom is 0.410 e. The van der Waals surface area contributed by atoms with Crippen molar-refractivity contribution in [3.63, 3.8) is 0 Å². The first-order chi connectivity index (χ1) is 18.7. The highest BCUT2D eigenvalue weighted by molar-refractivity contribution is 7.12. The van der Waals surface area contributed by atoms with Crippen LogP contribution >= 0.6 is 11.3 Å². The number of para-hydroxylation sites is 1. The van der Waals surface area contributed by atoms with Gasteiger partial charge >= 0.3 is 6.09 Å². The Morgan fingerprint density at radius 1 is 1.05 bits per heavy atom. The van der Waals surface area contributed by atoms with Gasteiger partial charge in [0.25, 0.3) is 5.91 Å². The summed E-state index contributed by atoms with van der Waals surface area (Å²) in [4.78, 5) is 30.3. The van der Waals surface area contributed by atoms with Gasteiger partial charge in [-0.05, 0) is 74.5 Å². The maximum atomic E-state index is 13.2. The van der Waals surface area contributed by atoms with Crippen molar-refractivity contribution in [2.24, 2.45) is 0 Å². The lowest BCUT2D eigenvalue weighted by molar-refractivity contribution is 0.0240. The zero-order chi connectivity index (χ0) is 27.6. The fourth-order valence-corrected chi connectivity index (χ4v) is 5.35. The Morgan fingerprint density at radius 3 is 2.54 bits per heavy atom. The number of anilines is 2. The first-order valence-electron chi connectivity index (χ1n) is 13.0. The van der Waals surface area contributed by atoms with Crippen LogP contribution in [0.25, 0.3) is 23.1 Å². The highest BCUT2D eigenvalue weighted by atomic mass is 32.1. The molecule has 1 fully saturated rings. The van der Waals surface area contributed by atoms with Crippen LogP contribution in [0.4, 0.5) is 16.2 Å². The largest absolute Gasteiger partial charge is 0.444 e. The number of aromatic nitrogens is 2. The Bertz CT molecular complexity index is 1520. The monoisotopic (exact) mass is 543 g/mol. The number of H-pyrrole nitrogens is 1. The minimum Gasteiger partial charge on any atom is -0.444 e. The molecule has 0 radical (unpaired) electrons. The van der Waals surface area contributed by atoms with Crippen molar-refractivity contribution in [3.8, 4) is 0 Å². The van der Waals surface area contributed by atoms with E-state index in [1.165, 1.54) is 11.3 Å². The summed E-state index contributed by atoms with van der Waals surface area (Å²) in [7, 11) is 0. The fraction of sp³-hybridized carbons (Fsp3) is 0.300. The third kappa shape index (κ3) is 6.15. The quantitative estimate of drug-likeness (QED) is 0.303. The zero-order valence-corrected chi connectivity index (χ0v) is 23.5. The number of amides is 2. The van der Waals surface area contributed by atoms with E-state index in [2.05, 4.69) is 26.5 Å². The SMILES string of the molecule is Cc1ccsc1C(=O)Nc1cc(N2CCN(C(=O)OC(C)(C)C)CC2)ccc1/C=C/c1n[nH]c2ccccc12. The van der Waals surface area contributed by atoms with Crippen LogP contribution in [0.15, 0.2) is 53.9 Å². The number of thiophene rings is 1. The summed E-state index contributed by atoms with van der Waals surface area (Å²) in [5.41, 5.74) is 4.82. The van der Waals surface area contributed by atoms with Crippen LogP contribution < -0.4 is 10.2 Å². The molecule has 202 valence electrons. The molecule has 0 aliphatic carbocycles. The summed E-state index contributed by atoms with van der Waals surface area (Å²) in [6.45, 7) is 10.0. The molecule has 2 aromatic heterocycles. The lowest BCUT2D eigenvalue weighted by Gasteiger charge is -2.37. The van der Waals surface area contributed by atoms with Crippen molar-refractivity contribution in [3.05, 3.63) is 75.6 Å². The second-order valence-electron chi connectivity index (χ2n) is 10.6. The van der Waals surface area contributed by atoms with E-state index in [0.29, 0.717) is 31.1 Å². The van der Waals surface area contributed by atoms with E-state index in [0.717, 1.165) is 39.1 Å². The number of piperazine rings is 1. The molecular weight excluding hydrogens is 510 g/mol. The number of nitrogens with one attached hydrogen (secondary N) is 2. The van der Waals surface area contributed by atoms with E-state index >= 15 is 0 Å². The zero-order valence-electron chi connectivity index (χ0n) is 22.7. The molecule has 3 heterocycles. The number of hydrogen-bond acceptors (Lipinski definition) is 6. The Hall–Kier alpha value is -4.11. The standard InChI is InChI=1S/C30H33N5O3S/c1-20-13-18-39-27(20)28(36)31-26-19-22(34-14-16-35(17-15-34)29(37)38-30(2,3)4)11-9-21(26)10-12-25-23-7-5-6-8-24(23)32-33-25/h5-13,18-19H,14-17H2,1-4H3,(H,31,36)(H,32,33)/b12-10+. The highest BCUT2D eigenvalue weighted by Gasteiger charge is 2.26. The molecule has 2 N–H and O–H groups in total. The number of carbonyl (C=O) groups is 2. The molecule has 2 amide bonds. The number of carbonyl (C=O) groups excluding carboxylic acids is 2. The summed E-state index contributed by atoms with van der Waals surface area (Å²) in [6, 6.07) is 16.0. The third-order valence-corrected chi connectivity index (χ3v) is 7.59. The number of rotatable bonds is 5. The van der Waals surface area contributed by atoms with Gasteiger partial charge in [0.2, 0.25) is 0 Å². The number of fused-ring (bicyclic) bond motifs is 1. The maximum absolute atomic E-state index is 13.2. The molecule has 0 bridgehead atoms. The van der Waals surface area contributed by atoms with Crippen molar-refractivity contribution < 1.29 is 14.3 Å². The summed E-state index contributed by atoms with van der Waals surface area (Å²) < 4.78 is 5.53. The van der Waals surface area contributed by atoms with E-state index in [1.807, 2.05) is 87.7 Å². The van der Waals surface area contributed by atoms with E-state index in [1.54, 1.807) is 4.90 Å². The second-order valence-corrected chi connectivity index (χ2v) is 11.5. The van der Waals surface area contributed by atoms with Crippen molar-refractivity contribution >= 4 is 57.8 Å². The minimum absolute atomic E-state index is 0.130. The summed E-state index contributed by atoms with van der Waals surface area (Å²) in [6.07, 6.45) is 3.65. The van der Waals surface area contributed by atoms with Gasteiger partial charge in [-0.3, -0.25) is 9.89 Å². The first-order valence-corrected chi connectivity index (χ1v) is 13.9. The van der Waals surface area contributed by atoms with Crippen LogP contribution in [0.1, 0.15) is 47.3 Å². The summed E-state index contributed by atoms with van der Waals surface area (Å²) in [5.74, 6) is -0.130. The molecule has 4 aromatic rings. The lowest BCUT2D eigenvalue weighted by Crippen LogP contribution is -2.50. The van der Waals surface area contributed by atoms with Crippen molar-refractivity contribution in [1.82, 2.24) is 15.1 Å². The highest BCUT2D eigenvalue weighted by Crippen LogP contribution is 2.29. The molecule has 0 saturated carbocycles. The van der Waals surface area contributed by atoms with Gasteiger partial charge in [0.05, 0.1) is 21.8 Å². The van der Waals surface area contributed by atoms with Gasteiger partial charge in [0.1, 0.15) is 5.60 Å². The lowest BCUT2D eigenvalue weighted by atomic mass is 10.1. The average molecular weight is 544 g/mol. The van der Waals surface area contributed by atoms with Crippen LogP contribution in [-0.2, 0) is 4.74 Å². The molecule has 2 aromatic carbocycles. The molecule has 1 saturated heterocycles. The molecule has 9 heteroatoms. The van der Waals surface area contributed by atoms with Crippen molar-refractivity contribution in [1.29, 1.82) is 0 Å². The molecule has 5 rings (SSSR count). The van der Waals surface area contributed by atoms with E-state index in [9.17, 15) is 9.59 Å². The number of hydrogen-bond donors (Lipinski definition) is 2. The Labute approximate surface area is 232 Å². The van der Waals surface area contributed by atoms with Crippen LogP contribution in [0, 0.1) is 6.92 Å². The molecule has 1 aliphatic heterocycles. The number of ether oxygens (including phenoxy) is 1. The summed E-state index contributed by atoms with van der Waals surface area (Å²) >= 11 is 1.43. The Morgan fingerprint density at radius 2 is 1.82 bits per heavy atom. The topological polar surface area (TPSA) is 90.6 Å². The molecule has 39 heavy (non-hydrogen) atoms. The van der Waals surface area contributed by atoms with Gasteiger partial charge in [-0.15, -0.1) is 11.3 Å². The number of benzene rings is 2. The molecule has 1 aliphatic rings. The molecule has 8 nitrogen and oxygen atoms in total. The van der Waals surface area contributed by atoms with E-state index in [-0.39, 0.29) is 12.0 Å². The predicted octanol–water partition coefficient (Wildman–Crippen LogP) is 6.41. The van der Waals surface area contributed by atoms with Crippen LogP contribution in [0.2, 0.25) is 0 Å². The number of nitrogens with zero attached hydrogens (tertiary/aromatic N) is 3. The average Bonchev–Trinajstić information content (AvgIpc) is 3.53. The van der Waals surface area contributed by atoms with Crippen molar-refractivity contribution in [2.45, 2.75) is 33.3 Å². The predicted molar refractivity (Wildman–Crippen MR) is 158 cm³/mol. The van der Waals surface area contributed by atoms with Crippen molar-refractivity contribution in [2.75, 3.05) is 36.4 Å². The smallest absolute Gasteiger partial charge is 0.410 e. The second kappa shape index (κ2) is 10.9. The third-order valence-electron chi connectivity index (χ3n) is 6.57. The van der Waals surface area contributed by atoms with E-state index < -0.39 is 5.60 Å². The minimum atomic E-state index is -0.520. The molecule has 0 unspecified atom stereocenters. The molecule has 0 atom stereocenters. The number of aromatic amines is 1.